The van der Waals surface area contributed by atoms with E-state index in [-0.39, 0.29) is 12.5 Å². The minimum atomic E-state index is 0.00248. The zero-order valence-corrected chi connectivity index (χ0v) is 13.6. The summed E-state index contributed by atoms with van der Waals surface area (Å²) in [5.41, 5.74) is 0.970. The summed E-state index contributed by atoms with van der Waals surface area (Å²) in [7, 11) is 0. The lowest BCUT2D eigenvalue weighted by molar-refractivity contribution is -0.132. The van der Waals surface area contributed by atoms with Gasteiger partial charge in [0.25, 0.3) is 5.91 Å². The van der Waals surface area contributed by atoms with Crippen LogP contribution < -0.4 is 10.1 Å². The number of likely N-dealkylation sites (N-methyl/N-ethyl adjacent to an activating group) is 1. The number of carbonyl (C=O) groups excluding carboxylic acids is 1. The summed E-state index contributed by atoms with van der Waals surface area (Å²) < 4.78 is 5.48. The normalized spacial score (nSPS) is 10.7. The number of rotatable bonds is 9. The number of ether oxygens (including phenoxy) is 1. The number of nitrogens with one attached hydrogen (secondary N) is 1. The molecule has 118 valence electrons. The quantitative estimate of drug-likeness (QED) is 0.757. The van der Waals surface area contributed by atoms with Crippen LogP contribution in [0.25, 0.3) is 0 Å². The number of nitrogens with zero attached hydrogens (tertiary/aromatic N) is 2. The first-order valence-electron chi connectivity index (χ1n) is 7.63. The molecule has 5 heteroatoms. The third-order valence-electron chi connectivity index (χ3n) is 3.13. The van der Waals surface area contributed by atoms with Gasteiger partial charge in [0.05, 0.1) is 11.9 Å². The lowest BCUT2D eigenvalue weighted by Crippen LogP contribution is -2.34. The van der Waals surface area contributed by atoms with Crippen LogP contribution in [0.15, 0.2) is 18.3 Å². The van der Waals surface area contributed by atoms with E-state index in [1.165, 1.54) is 0 Å². The first-order valence-corrected chi connectivity index (χ1v) is 7.63. The summed E-state index contributed by atoms with van der Waals surface area (Å²) in [6.07, 6.45) is 1.67. The number of carbonyl (C=O) groups is 1. The molecule has 1 aromatic rings. The first-order chi connectivity index (χ1) is 10.1. The Morgan fingerprint density at radius 1 is 1.33 bits per heavy atom. The average Bonchev–Trinajstić information content (AvgIpc) is 2.47. The molecule has 1 amide bonds. The maximum Gasteiger partial charge on any atom is 0.260 e. The van der Waals surface area contributed by atoms with E-state index in [0.29, 0.717) is 24.8 Å². The predicted octanol–water partition coefficient (Wildman–Crippen LogP) is 2.07. The molecule has 1 aromatic heterocycles. The maximum absolute atomic E-state index is 11.8. The van der Waals surface area contributed by atoms with Crippen LogP contribution in [0.4, 0.5) is 0 Å². The third kappa shape index (κ3) is 6.58. The van der Waals surface area contributed by atoms with E-state index in [1.54, 1.807) is 11.1 Å². The largest absolute Gasteiger partial charge is 0.482 e. The first kappa shape index (κ1) is 17.4. The van der Waals surface area contributed by atoms with E-state index in [0.717, 1.165) is 18.8 Å². The van der Waals surface area contributed by atoms with E-state index < -0.39 is 0 Å². The van der Waals surface area contributed by atoms with E-state index in [4.69, 9.17) is 4.74 Å². The predicted molar refractivity (Wildman–Crippen MR) is 84.2 cm³/mol. The summed E-state index contributed by atoms with van der Waals surface area (Å²) in [6, 6.07) is 3.78. The summed E-state index contributed by atoms with van der Waals surface area (Å²) in [5, 5.41) is 3.34. The number of amides is 1. The second-order valence-electron chi connectivity index (χ2n) is 5.36. The van der Waals surface area contributed by atoms with Gasteiger partial charge in [-0.2, -0.15) is 0 Å². The van der Waals surface area contributed by atoms with Crippen molar-refractivity contribution in [3.05, 3.63) is 24.0 Å². The Balaban J connectivity index is 2.39. The minimum Gasteiger partial charge on any atom is -0.482 e. The van der Waals surface area contributed by atoms with Crippen LogP contribution >= 0.6 is 0 Å². The third-order valence-corrected chi connectivity index (χ3v) is 3.13. The van der Waals surface area contributed by atoms with Crippen molar-refractivity contribution in [2.24, 2.45) is 5.92 Å². The molecule has 5 nitrogen and oxygen atoms in total. The maximum atomic E-state index is 11.8. The lowest BCUT2D eigenvalue weighted by Gasteiger charge is -2.18. The topological polar surface area (TPSA) is 54.5 Å². The fraction of sp³-hybridized carbons (Fsp3) is 0.625. The molecule has 1 rings (SSSR count). The van der Waals surface area contributed by atoms with E-state index >= 15 is 0 Å². The molecule has 0 aromatic carbocycles. The van der Waals surface area contributed by atoms with Gasteiger partial charge in [-0.3, -0.25) is 9.78 Å². The van der Waals surface area contributed by atoms with Crippen LogP contribution in [0.3, 0.4) is 0 Å². The summed E-state index contributed by atoms with van der Waals surface area (Å²) >= 11 is 0. The Morgan fingerprint density at radius 3 is 2.57 bits per heavy atom. The highest BCUT2D eigenvalue weighted by Gasteiger charge is 2.10. The summed E-state index contributed by atoms with van der Waals surface area (Å²) in [4.78, 5) is 17.9. The van der Waals surface area contributed by atoms with E-state index in [9.17, 15) is 4.79 Å². The number of hydrogen-bond donors (Lipinski definition) is 1. The zero-order valence-electron chi connectivity index (χ0n) is 13.6. The minimum absolute atomic E-state index is 0.00248. The Kier molecular flexibility index (Phi) is 7.75. The molecule has 0 bridgehead atoms. The molecule has 1 heterocycles. The number of hydrogen-bond acceptors (Lipinski definition) is 4. The van der Waals surface area contributed by atoms with Gasteiger partial charge in [-0.25, -0.2) is 0 Å². The Bertz CT molecular complexity index is 414. The molecule has 0 aliphatic rings. The summed E-state index contributed by atoms with van der Waals surface area (Å²) in [6.45, 7) is 11.5. The van der Waals surface area contributed by atoms with Crippen molar-refractivity contribution < 1.29 is 9.53 Å². The molecule has 1 N–H and O–H groups in total. The van der Waals surface area contributed by atoms with Gasteiger partial charge in [-0.1, -0.05) is 13.8 Å². The monoisotopic (exact) mass is 293 g/mol. The smallest absolute Gasteiger partial charge is 0.260 e. The lowest BCUT2D eigenvalue weighted by atomic mass is 10.2. The fourth-order valence-corrected chi connectivity index (χ4v) is 1.90. The second kappa shape index (κ2) is 9.34. The molecule has 0 fully saturated rings. The Morgan fingerprint density at radius 2 is 2.05 bits per heavy atom. The molecule has 21 heavy (non-hydrogen) atoms. The summed E-state index contributed by atoms with van der Waals surface area (Å²) in [5.74, 6) is 1.25. The number of pyridine rings is 1. The Hall–Kier alpha value is -1.62. The van der Waals surface area contributed by atoms with Crippen LogP contribution in [0, 0.1) is 5.92 Å². The highest BCUT2D eigenvalue weighted by molar-refractivity contribution is 5.77. The van der Waals surface area contributed by atoms with Gasteiger partial charge < -0.3 is 15.0 Å². The van der Waals surface area contributed by atoms with Crippen molar-refractivity contribution in [1.29, 1.82) is 0 Å². The molecular weight excluding hydrogens is 266 g/mol. The van der Waals surface area contributed by atoms with Crippen LogP contribution in [0.1, 0.15) is 33.4 Å². The van der Waals surface area contributed by atoms with Crippen molar-refractivity contribution in [1.82, 2.24) is 15.2 Å². The van der Waals surface area contributed by atoms with Crippen LogP contribution in [0.5, 0.6) is 5.75 Å². The molecule has 0 saturated carbocycles. The van der Waals surface area contributed by atoms with Gasteiger partial charge in [0, 0.05) is 19.6 Å². The van der Waals surface area contributed by atoms with Crippen LogP contribution in [0.2, 0.25) is 0 Å². The molecule has 0 aliphatic heterocycles. The van der Waals surface area contributed by atoms with Crippen molar-refractivity contribution in [2.75, 3.05) is 26.2 Å². The molecule has 0 aliphatic carbocycles. The van der Waals surface area contributed by atoms with Crippen molar-refractivity contribution in [3.8, 4) is 5.75 Å². The zero-order chi connectivity index (χ0) is 15.7. The highest BCUT2D eigenvalue weighted by atomic mass is 16.5. The van der Waals surface area contributed by atoms with Crippen molar-refractivity contribution in [2.45, 2.75) is 34.2 Å². The van der Waals surface area contributed by atoms with Gasteiger partial charge in [0.2, 0.25) is 0 Å². The van der Waals surface area contributed by atoms with Crippen LogP contribution in [-0.2, 0) is 11.3 Å². The van der Waals surface area contributed by atoms with Gasteiger partial charge in [-0.05, 0) is 38.4 Å². The van der Waals surface area contributed by atoms with Crippen LogP contribution in [-0.4, -0.2) is 42.0 Å². The fourth-order valence-electron chi connectivity index (χ4n) is 1.90. The van der Waals surface area contributed by atoms with Gasteiger partial charge in [0.1, 0.15) is 5.75 Å². The highest BCUT2D eigenvalue weighted by Crippen LogP contribution is 2.09. The van der Waals surface area contributed by atoms with E-state index in [2.05, 4.69) is 24.1 Å². The standard InChI is InChI=1S/C16H27N3O2/c1-5-19(6-2)16(20)12-21-15-8-7-14(18-11-15)10-17-9-13(3)4/h7-8,11,13,17H,5-6,9-10,12H2,1-4H3. The molecule has 0 atom stereocenters. The van der Waals surface area contributed by atoms with Crippen molar-refractivity contribution in [3.63, 3.8) is 0 Å². The van der Waals surface area contributed by atoms with Gasteiger partial charge in [-0.15, -0.1) is 0 Å². The van der Waals surface area contributed by atoms with Gasteiger partial charge in [0.15, 0.2) is 6.61 Å². The Labute approximate surface area is 127 Å². The SMILES string of the molecule is CCN(CC)C(=O)COc1ccc(CNCC(C)C)nc1. The van der Waals surface area contributed by atoms with Crippen molar-refractivity contribution >= 4 is 5.91 Å². The second-order valence-corrected chi connectivity index (χ2v) is 5.36. The molecule has 0 unspecified atom stereocenters. The average molecular weight is 293 g/mol. The molecule has 0 radical (unpaired) electrons. The molecular formula is C16H27N3O2. The molecule has 0 saturated heterocycles. The number of aromatic nitrogens is 1. The van der Waals surface area contributed by atoms with Gasteiger partial charge >= 0.3 is 0 Å². The molecule has 0 spiro atoms. The van der Waals surface area contributed by atoms with E-state index in [1.807, 2.05) is 26.0 Å².